The molecule has 8 nitrogen and oxygen atoms in total. The topological polar surface area (TPSA) is 61.1 Å². The van der Waals surface area contributed by atoms with Crippen molar-refractivity contribution in [2.75, 3.05) is 9.80 Å². The molecule has 0 radical (unpaired) electrons. The van der Waals surface area contributed by atoms with Gasteiger partial charge in [-0.3, -0.25) is 0 Å². The van der Waals surface area contributed by atoms with Crippen molar-refractivity contribution >= 4 is 165 Å². The molecule has 2 aliphatic carbocycles. The molecule has 2 aliphatic heterocycles. The van der Waals surface area contributed by atoms with Crippen molar-refractivity contribution < 1.29 is 18.3 Å². The molecule has 0 N–H and O–H groups in total. The van der Waals surface area contributed by atoms with E-state index in [0.29, 0.717) is 0 Å². The van der Waals surface area contributed by atoms with Gasteiger partial charge in [0.1, 0.15) is 45.3 Å². The number of furan rings is 2. The van der Waals surface area contributed by atoms with Crippen LogP contribution in [0, 0.1) is 0 Å². The average molecular weight is 1710 g/mol. The van der Waals surface area contributed by atoms with Gasteiger partial charge in [-0.25, -0.2) is 0 Å². The molecule has 8 heteroatoms. The van der Waals surface area contributed by atoms with E-state index in [2.05, 4.69) is 456 Å². The highest BCUT2D eigenvalue weighted by Crippen LogP contribution is 2.65. The fraction of sp³-hybridized carbons (Fsp3) is 0.0159. The van der Waals surface area contributed by atoms with Crippen molar-refractivity contribution in [2.24, 2.45) is 0 Å². The Hall–Kier alpha value is -17.7. The van der Waals surface area contributed by atoms with Crippen LogP contribution in [0.3, 0.4) is 0 Å². The second-order valence-electron chi connectivity index (χ2n) is 35.8. The first-order valence-corrected chi connectivity index (χ1v) is 46.0. The Balaban J connectivity index is 0.000000131. The molecule has 30 rings (SSSR count). The van der Waals surface area contributed by atoms with Gasteiger partial charge in [-0.2, -0.15) is 0 Å². The number of aromatic nitrogens is 2. The van der Waals surface area contributed by atoms with Crippen molar-refractivity contribution in [1.29, 1.82) is 0 Å². The van der Waals surface area contributed by atoms with Crippen LogP contribution in [0.25, 0.3) is 164 Å². The van der Waals surface area contributed by atoms with Crippen molar-refractivity contribution in [1.82, 2.24) is 9.13 Å². The second-order valence-corrected chi connectivity index (χ2v) is 35.8. The second kappa shape index (κ2) is 28.4. The minimum atomic E-state index is -0.621. The molecule has 0 saturated heterocycles. The first-order valence-electron chi connectivity index (χ1n) is 46.0. The summed E-state index contributed by atoms with van der Waals surface area (Å²) < 4.78 is 31.0. The van der Waals surface area contributed by atoms with E-state index in [1.54, 1.807) is 0 Å². The molecule has 0 amide bonds. The molecule has 22 aromatic carbocycles. The smallest absolute Gasteiger partial charge is 0.137 e. The Morgan fingerprint density at radius 1 is 0.187 bits per heavy atom. The number of rotatable bonds is 8. The van der Waals surface area contributed by atoms with Crippen LogP contribution >= 0.6 is 0 Å². The summed E-state index contributed by atoms with van der Waals surface area (Å²) >= 11 is 0. The van der Waals surface area contributed by atoms with Crippen LogP contribution in [0.2, 0.25) is 0 Å². The van der Waals surface area contributed by atoms with Gasteiger partial charge >= 0.3 is 0 Å². The van der Waals surface area contributed by atoms with Gasteiger partial charge in [0.15, 0.2) is 0 Å². The Bertz CT molecular complexity index is 9450. The Morgan fingerprint density at radius 3 is 1.01 bits per heavy atom. The predicted molar refractivity (Wildman–Crippen MR) is 550 cm³/mol. The molecule has 2 spiro atoms. The molecule has 26 aromatic rings. The van der Waals surface area contributed by atoms with E-state index < -0.39 is 10.8 Å². The number of hydrogen-bond acceptors (Lipinski definition) is 6. The van der Waals surface area contributed by atoms with E-state index in [0.717, 1.165) is 157 Å². The van der Waals surface area contributed by atoms with Gasteiger partial charge in [0.05, 0.1) is 55.6 Å². The highest BCUT2D eigenvalue weighted by molar-refractivity contribution is 6.19. The lowest BCUT2D eigenvalue weighted by molar-refractivity contribution is 0.435. The molecule has 134 heavy (non-hydrogen) atoms. The van der Waals surface area contributed by atoms with Crippen molar-refractivity contribution in [3.8, 4) is 56.6 Å². The molecule has 4 aromatic heterocycles. The van der Waals surface area contributed by atoms with Crippen LogP contribution in [0.4, 0.5) is 34.1 Å². The largest absolute Gasteiger partial charge is 0.457 e. The van der Waals surface area contributed by atoms with Crippen LogP contribution in [0.1, 0.15) is 44.5 Å². The van der Waals surface area contributed by atoms with E-state index in [4.69, 9.17) is 18.3 Å². The molecule has 0 saturated carbocycles. The van der Waals surface area contributed by atoms with Crippen molar-refractivity contribution in [2.45, 2.75) is 10.8 Å². The Labute approximate surface area is 769 Å². The van der Waals surface area contributed by atoms with E-state index in [-0.39, 0.29) is 0 Å². The third kappa shape index (κ3) is 10.4. The first-order chi connectivity index (χ1) is 66.5. The molecule has 0 unspecified atom stereocenters. The number of nitrogens with zero attached hydrogens (tertiary/aromatic N) is 4. The maximum Gasteiger partial charge on any atom is 0.137 e. The van der Waals surface area contributed by atoms with Crippen LogP contribution in [-0.4, -0.2) is 9.13 Å². The lowest BCUT2D eigenvalue weighted by Crippen LogP contribution is -2.36. The maximum atomic E-state index is 6.74. The van der Waals surface area contributed by atoms with Crippen molar-refractivity contribution in [3.05, 3.63) is 506 Å². The molecule has 6 heterocycles. The molecular weight excluding hydrogens is 1630 g/mol. The monoisotopic (exact) mass is 1710 g/mol. The fourth-order valence-corrected chi connectivity index (χ4v) is 23.9. The number of ether oxygens (including phenoxy) is 2. The van der Waals surface area contributed by atoms with Gasteiger partial charge in [-0.1, -0.05) is 315 Å². The number of anilines is 6. The van der Waals surface area contributed by atoms with Gasteiger partial charge < -0.3 is 37.2 Å². The number of benzene rings is 22. The average Bonchev–Trinajstić information content (AvgIpc) is 0.880. The highest BCUT2D eigenvalue weighted by Gasteiger charge is 2.52. The predicted octanol–water partition coefficient (Wildman–Crippen LogP) is 33.9. The fourth-order valence-electron chi connectivity index (χ4n) is 23.9. The lowest BCUT2D eigenvalue weighted by Gasteiger charge is -2.45. The molecule has 0 bridgehead atoms. The molecule has 0 atom stereocenters. The summed E-state index contributed by atoms with van der Waals surface area (Å²) in [5.41, 5.74) is 30.2. The van der Waals surface area contributed by atoms with Gasteiger partial charge in [-0.15, -0.1) is 0 Å². The zero-order chi connectivity index (χ0) is 87.6. The SMILES string of the molecule is c1ccc2c(c1)Oc1ccccc1C21c2ccccc2-c2ccc(N(c3ccc4c(c3)c3ccccc3n4-c3ccc4c(c3)oc3ccccc34)c3cccc4ccccc34)c3cccc1c23.c1ccc2c(c1)Oc1ccccc1C21c2ccccc2-c2ccc(N(c3ccc4c(c3)c3ccccc3n4-c3ccc4oc5ccccc5c4c3)c3cccc4ccccc34)c3cccc1c23. The number of fused-ring (bicyclic) bond motifs is 30. The Kier molecular flexibility index (Phi) is 15.7. The van der Waals surface area contributed by atoms with E-state index in [1.807, 2.05) is 24.3 Å². The van der Waals surface area contributed by atoms with Crippen LogP contribution in [0.15, 0.2) is 470 Å². The first kappa shape index (κ1) is 74.2. The molecule has 0 fully saturated rings. The summed E-state index contributed by atoms with van der Waals surface area (Å²) in [6.07, 6.45) is 0. The van der Waals surface area contributed by atoms with Gasteiger partial charge in [-0.05, 0) is 206 Å². The van der Waals surface area contributed by atoms with Crippen molar-refractivity contribution in [3.63, 3.8) is 0 Å². The summed E-state index contributed by atoms with van der Waals surface area (Å²) in [5, 5.41) is 18.8. The van der Waals surface area contributed by atoms with E-state index in [9.17, 15) is 0 Å². The van der Waals surface area contributed by atoms with E-state index >= 15 is 0 Å². The van der Waals surface area contributed by atoms with Gasteiger partial charge in [0.25, 0.3) is 0 Å². The van der Waals surface area contributed by atoms with Gasteiger partial charge in [0, 0.05) is 116 Å². The lowest BCUT2D eigenvalue weighted by atomic mass is 9.58. The molecule has 624 valence electrons. The number of para-hydroxylation sites is 8. The number of hydrogen-bond donors (Lipinski definition) is 0. The van der Waals surface area contributed by atoms with Crippen LogP contribution in [0.5, 0.6) is 23.0 Å². The van der Waals surface area contributed by atoms with Crippen LogP contribution < -0.4 is 19.3 Å². The summed E-state index contributed by atoms with van der Waals surface area (Å²) in [7, 11) is 0. The summed E-state index contributed by atoms with van der Waals surface area (Å²) in [5.74, 6) is 3.54. The standard InChI is InChI=1S/2C63H38N2O2/c1-2-17-42-39(15-1)16-13-27-54(42)64(40-31-34-57-48(37-40)44-19-4-9-26-55(44)65(57)41-32-36-59-49(38-41)45-20-5-10-28-58(45)66-59)56-35-33-46-43-18-3-6-22-50(43)63(53-25-14-21-47(56)62(46)53)51-23-7-11-29-60(51)67-61-30-12-8-24-52(61)63;1-2-17-42-39(15-1)16-13-27-54(42)64(40-32-35-57-49(37-40)44-19-4-9-26-55(44)65(57)41-31-33-46-45-20-5-10-28-58(45)66-61(46)38-41)56-36-34-47-43-18-3-6-22-50(43)63(53-25-14-21-48(56)62(47)53)51-23-7-11-29-59(51)67-60-30-12-8-24-52(60)63/h2*1-38H. The zero-order valence-corrected chi connectivity index (χ0v) is 72.3. The van der Waals surface area contributed by atoms with Gasteiger partial charge in [0.2, 0.25) is 0 Å². The normalized spacial score (nSPS) is 13.3. The third-order valence-corrected chi connectivity index (χ3v) is 29.3. The summed E-state index contributed by atoms with van der Waals surface area (Å²) in [4.78, 5) is 5.00. The van der Waals surface area contributed by atoms with Crippen LogP contribution in [-0.2, 0) is 10.8 Å². The molecule has 4 aliphatic rings. The maximum absolute atomic E-state index is 6.74. The van der Waals surface area contributed by atoms with E-state index in [1.165, 1.54) is 109 Å². The minimum Gasteiger partial charge on any atom is -0.457 e. The Morgan fingerprint density at radius 2 is 0.522 bits per heavy atom. The quantitative estimate of drug-likeness (QED) is 0.151. The minimum absolute atomic E-state index is 0.621. The zero-order valence-electron chi connectivity index (χ0n) is 72.3. The molecular formula is C126H76N4O4. The highest BCUT2D eigenvalue weighted by atomic mass is 16.5. The summed E-state index contributed by atoms with van der Waals surface area (Å²) in [6.45, 7) is 0. The summed E-state index contributed by atoms with van der Waals surface area (Å²) in [6, 6.07) is 168. The third-order valence-electron chi connectivity index (χ3n) is 29.3.